The monoisotopic (exact) mass is 378 g/mol. The summed E-state index contributed by atoms with van der Waals surface area (Å²) in [6.45, 7) is 6.37. The van der Waals surface area contributed by atoms with E-state index in [4.69, 9.17) is 4.42 Å². The number of anilines is 3. The van der Waals surface area contributed by atoms with E-state index in [9.17, 15) is 4.79 Å². The fraction of sp³-hybridized carbons (Fsp3) is 0.300. The second-order valence-corrected chi connectivity index (χ2v) is 6.71. The van der Waals surface area contributed by atoms with Crippen molar-refractivity contribution in [3.63, 3.8) is 0 Å². The Hall–Kier alpha value is -3.42. The van der Waals surface area contributed by atoms with Crippen molar-refractivity contribution in [1.29, 1.82) is 0 Å². The second-order valence-electron chi connectivity index (χ2n) is 6.71. The fourth-order valence-electron chi connectivity index (χ4n) is 3.31. The summed E-state index contributed by atoms with van der Waals surface area (Å²) in [6.07, 6.45) is 3.26. The number of aromatic nitrogens is 3. The summed E-state index contributed by atoms with van der Waals surface area (Å²) >= 11 is 0. The van der Waals surface area contributed by atoms with Gasteiger partial charge >= 0.3 is 0 Å². The molecule has 3 aromatic rings. The lowest BCUT2D eigenvalue weighted by atomic mass is 10.2. The molecule has 1 aliphatic rings. The normalized spacial score (nSPS) is 14.2. The van der Waals surface area contributed by atoms with Gasteiger partial charge in [-0.2, -0.15) is 0 Å². The summed E-state index contributed by atoms with van der Waals surface area (Å²) in [4.78, 5) is 29.7. The summed E-state index contributed by atoms with van der Waals surface area (Å²) in [6, 6.07) is 9.37. The minimum atomic E-state index is 0.0224. The van der Waals surface area contributed by atoms with Gasteiger partial charge in [-0.05, 0) is 32.0 Å². The van der Waals surface area contributed by atoms with Crippen LogP contribution in [0.4, 0.5) is 17.5 Å². The fourth-order valence-corrected chi connectivity index (χ4v) is 3.31. The molecule has 0 radical (unpaired) electrons. The van der Waals surface area contributed by atoms with E-state index in [0.29, 0.717) is 43.3 Å². The van der Waals surface area contributed by atoms with E-state index in [1.807, 2.05) is 49.1 Å². The van der Waals surface area contributed by atoms with Gasteiger partial charge in [0.05, 0.1) is 5.56 Å². The van der Waals surface area contributed by atoms with E-state index < -0.39 is 0 Å². The zero-order chi connectivity index (χ0) is 19.5. The summed E-state index contributed by atoms with van der Waals surface area (Å²) < 4.78 is 5.49. The predicted molar refractivity (Wildman–Crippen MR) is 106 cm³/mol. The van der Waals surface area contributed by atoms with E-state index in [1.165, 1.54) is 6.33 Å². The van der Waals surface area contributed by atoms with Gasteiger partial charge in [-0.3, -0.25) is 4.79 Å². The number of nitrogens with zero attached hydrogens (tertiary/aromatic N) is 5. The number of amides is 1. The smallest absolute Gasteiger partial charge is 0.257 e. The minimum Gasteiger partial charge on any atom is -0.466 e. The minimum absolute atomic E-state index is 0.0224. The van der Waals surface area contributed by atoms with Gasteiger partial charge in [0.2, 0.25) is 0 Å². The maximum atomic E-state index is 12.7. The molecule has 4 heterocycles. The molecule has 0 aromatic carbocycles. The number of nitrogens with one attached hydrogen (secondary N) is 1. The zero-order valence-electron chi connectivity index (χ0n) is 15.9. The molecule has 3 aromatic heterocycles. The Morgan fingerprint density at radius 2 is 1.86 bits per heavy atom. The van der Waals surface area contributed by atoms with Crippen molar-refractivity contribution in [1.82, 2.24) is 19.9 Å². The van der Waals surface area contributed by atoms with Crippen LogP contribution in [0.1, 0.15) is 21.9 Å². The third-order valence-corrected chi connectivity index (χ3v) is 4.74. The lowest BCUT2D eigenvalue weighted by molar-refractivity contribution is 0.0744. The van der Waals surface area contributed by atoms with Crippen LogP contribution in [0.5, 0.6) is 0 Å². The van der Waals surface area contributed by atoms with E-state index in [1.54, 1.807) is 6.20 Å². The molecule has 28 heavy (non-hydrogen) atoms. The number of aryl methyl sites for hydroxylation is 2. The Balaban J connectivity index is 1.40. The van der Waals surface area contributed by atoms with E-state index >= 15 is 0 Å². The van der Waals surface area contributed by atoms with Crippen LogP contribution in [-0.4, -0.2) is 51.9 Å². The van der Waals surface area contributed by atoms with E-state index in [-0.39, 0.29) is 5.91 Å². The lowest BCUT2D eigenvalue weighted by Gasteiger charge is -2.35. The van der Waals surface area contributed by atoms with Crippen LogP contribution in [0.3, 0.4) is 0 Å². The van der Waals surface area contributed by atoms with Gasteiger partial charge in [0.1, 0.15) is 35.3 Å². The Kier molecular flexibility index (Phi) is 4.92. The summed E-state index contributed by atoms with van der Waals surface area (Å²) in [5, 5.41) is 3.18. The first-order chi connectivity index (χ1) is 13.6. The molecule has 8 nitrogen and oxygen atoms in total. The van der Waals surface area contributed by atoms with Gasteiger partial charge in [-0.15, -0.1) is 0 Å². The zero-order valence-corrected chi connectivity index (χ0v) is 15.9. The van der Waals surface area contributed by atoms with Crippen molar-refractivity contribution < 1.29 is 9.21 Å². The van der Waals surface area contributed by atoms with Crippen molar-refractivity contribution in [2.75, 3.05) is 36.4 Å². The molecule has 0 aliphatic carbocycles. The number of carbonyl (C=O) groups excluding carboxylic acids is 1. The van der Waals surface area contributed by atoms with E-state index in [0.717, 1.165) is 17.4 Å². The molecular weight excluding hydrogens is 356 g/mol. The molecule has 4 rings (SSSR count). The number of piperazine rings is 1. The molecule has 144 valence electrons. The highest BCUT2D eigenvalue weighted by Gasteiger charge is 2.25. The van der Waals surface area contributed by atoms with Crippen LogP contribution >= 0.6 is 0 Å². The molecule has 1 aliphatic heterocycles. The maximum Gasteiger partial charge on any atom is 0.257 e. The van der Waals surface area contributed by atoms with E-state index in [2.05, 4.69) is 25.2 Å². The van der Waals surface area contributed by atoms with Crippen LogP contribution in [0.15, 0.2) is 47.3 Å². The molecule has 1 fully saturated rings. The highest BCUT2D eigenvalue weighted by Crippen LogP contribution is 2.21. The first-order valence-corrected chi connectivity index (χ1v) is 9.21. The first-order valence-electron chi connectivity index (χ1n) is 9.21. The topological polar surface area (TPSA) is 87.4 Å². The van der Waals surface area contributed by atoms with Crippen LogP contribution in [0.25, 0.3) is 0 Å². The Labute approximate surface area is 163 Å². The van der Waals surface area contributed by atoms with Gasteiger partial charge in [-0.25, -0.2) is 15.0 Å². The van der Waals surface area contributed by atoms with Gasteiger partial charge in [0.25, 0.3) is 5.91 Å². The van der Waals surface area contributed by atoms with Crippen molar-refractivity contribution in [3.8, 4) is 0 Å². The second kappa shape index (κ2) is 7.67. The van der Waals surface area contributed by atoms with Crippen molar-refractivity contribution in [2.45, 2.75) is 13.8 Å². The Bertz CT molecular complexity index is 964. The molecule has 1 amide bonds. The molecule has 0 atom stereocenters. The van der Waals surface area contributed by atoms with Crippen LogP contribution in [-0.2, 0) is 0 Å². The highest BCUT2D eigenvalue weighted by atomic mass is 16.3. The standard InChI is InChI=1S/C20H22N6O2/c1-14-11-16(15(2)28-14)20(27)26-9-7-25(8-10-26)19-12-18(22-13-23-19)24-17-5-3-4-6-21-17/h3-6,11-13H,7-10H2,1-2H3,(H,21,22,23,24). The SMILES string of the molecule is Cc1cc(C(=O)N2CCN(c3cc(Nc4ccccn4)ncn3)CC2)c(C)o1. The predicted octanol–water partition coefficient (Wildman–Crippen LogP) is 2.79. The number of rotatable bonds is 4. The molecule has 1 saturated heterocycles. The summed E-state index contributed by atoms with van der Waals surface area (Å²) in [5.41, 5.74) is 0.648. The largest absolute Gasteiger partial charge is 0.466 e. The number of pyridine rings is 1. The van der Waals surface area contributed by atoms with Crippen LogP contribution < -0.4 is 10.2 Å². The molecule has 0 saturated carbocycles. The number of furan rings is 1. The molecule has 0 spiro atoms. The maximum absolute atomic E-state index is 12.7. The molecule has 1 N–H and O–H groups in total. The first kappa shape index (κ1) is 18.0. The summed E-state index contributed by atoms with van der Waals surface area (Å²) in [5.74, 6) is 3.70. The number of hydrogen-bond donors (Lipinski definition) is 1. The summed E-state index contributed by atoms with van der Waals surface area (Å²) in [7, 11) is 0. The Morgan fingerprint density at radius 3 is 2.54 bits per heavy atom. The number of carbonyl (C=O) groups is 1. The van der Waals surface area contributed by atoms with Crippen LogP contribution in [0, 0.1) is 13.8 Å². The van der Waals surface area contributed by atoms with Gasteiger partial charge in [-0.1, -0.05) is 6.07 Å². The van der Waals surface area contributed by atoms with Crippen molar-refractivity contribution >= 4 is 23.4 Å². The molecule has 0 unspecified atom stereocenters. The molecule has 0 bridgehead atoms. The third-order valence-electron chi connectivity index (χ3n) is 4.74. The van der Waals surface area contributed by atoms with Gasteiger partial charge < -0.3 is 19.5 Å². The highest BCUT2D eigenvalue weighted by molar-refractivity contribution is 5.95. The van der Waals surface area contributed by atoms with Gasteiger partial charge in [0, 0.05) is 38.4 Å². The average molecular weight is 378 g/mol. The molecule has 8 heteroatoms. The Morgan fingerprint density at radius 1 is 1.04 bits per heavy atom. The van der Waals surface area contributed by atoms with Crippen molar-refractivity contribution in [3.05, 3.63) is 59.9 Å². The lowest BCUT2D eigenvalue weighted by Crippen LogP contribution is -2.49. The third kappa shape index (κ3) is 3.80. The van der Waals surface area contributed by atoms with Crippen molar-refractivity contribution in [2.24, 2.45) is 0 Å². The van der Waals surface area contributed by atoms with Crippen LogP contribution in [0.2, 0.25) is 0 Å². The average Bonchev–Trinajstić information content (AvgIpc) is 3.06. The molecular formula is C20H22N6O2. The number of hydrogen-bond acceptors (Lipinski definition) is 7. The quantitative estimate of drug-likeness (QED) is 0.747. The van der Waals surface area contributed by atoms with Gasteiger partial charge in [0.15, 0.2) is 0 Å².